The highest BCUT2D eigenvalue weighted by atomic mass is 35.5. The van der Waals surface area contributed by atoms with Crippen LogP contribution in [0, 0.1) is 10.1 Å². The summed E-state index contributed by atoms with van der Waals surface area (Å²) in [5.74, 6) is -5.31. The first-order chi connectivity index (χ1) is 18.2. The van der Waals surface area contributed by atoms with Gasteiger partial charge in [0, 0.05) is 6.07 Å². The molecule has 0 radical (unpaired) electrons. The Bertz CT molecular complexity index is 1310. The topological polar surface area (TPSA) is 101 Å². The molecule has 2 rings (SSSR count). The van der Waals surface area contributed by atoms with E-state index in [1.165, 1.54) is 5.32 Å². The van der Waals surface area contributed by atoms with E-state index in [2.05, 4.69) is 0 Å². The van der Waals surface area contributed by atoms with Gasteiger partial charge in [-0.1, -0.05) is 35.9 Å². The second-order valence-electron chi connectivity index (χ2n) is 8.18. The second-order valence-corrected chi connectivity index (χ2v) is 8.58. The van der Waals surface area contributed by atoms with Gasteiger partial charge in [-0.15, -0.1) is 0 Å². The number of nitrogens with one attached hydrogen (secondary N) is 2. The quantitative estimate of drug-likeness (QED) is 0.206. The van der Waals surface area contributed by atoms with E-state index in [0.29, 0.717) is 30.4 Å². The summed E-state index contributed by atoms with van der Waals surface area (Å²) in [4.78, 5) is 34.1. The molecule has 0 aliphatic rings. The molecule has 2 aromatic carbocycles. The van der Waals surface area contributed by atoms with Gasteiger partial charge in [-0.25, -0.2) is 0 Å². The van der Waals surface area contributed by atoms with Crippen molar-refractivity contribution in [3.05, 3.63) is 79.9 Å². The van der Waals surface area contributed by atoms with Gasteiger partial charge in [0.2, 0.25) is 5.91 Å². The summed E-state index contributed by atoms with van der Waals surface area (Å²) in [7, 11) is 0. The molecule has 0 heterocycles. The Kier molecular flexibility index (Phi) is 9.83. The molecular weight excluding hydrogens is 589 g/mol. The van der Waals surface area contributed by atoms with Crippen LogP contribution in [0.25, 0.3) is 6.08 Å². The first-order valence-corrected chi connectivity index (χ1v) is 11.1. The van der Waals surface area contributed by atoms with Crippen molar-refractivity contribution >= 4 is 35.2 Å². The standard InChI is InChI=1S/C23H17ClF9N3O4/c1-11(19(37)34-10-21(25,26)27)35-20(38)14-5-2-12(8-16(14)23(31,32)33)3-6-15(22(28,29)30)13-4-7-17(24)18(9-13)36(39)40/h2-9,11,15H,10H2,1H3,(H,34,37)(H,35,38)/b6-3+/t11-,15?/m1/s1. The van der Waals surface area contributed by atoms with Crippen LogP contribution in [0.2, 0.25) is 5.02 Å². The molecule has 0 bridgehead atoms. The molecule has 218 valence electrons. The van der Waals surface area contributed by atoms with E-state index in [0.717, 1.165) is 25.1 Å². The highest BCUT2D eigenvalue weighted by Gasteiger charge is 2.40. The van der Waals surface area contributed by atoms with Gasteiger partial charge in [0.25, 0.3) is 11.6 Å². The molecule has 2 amide bonds. The number of hydrogen-bond donors (Lipinski definition) is 2. The van der Waals surface area contributed by atoms with Crippen molar-refractivity contribution < 1.29 is 54.0 Å². The van der Waals surface area contributed by atoms with Crippen LogP contribution >= 0.6 is 11.6 Å². The molecule has 7 nitrogen and oxygen atoms in total. The van der Waals surface area contributed by atoms with Crippen LogP contribution in [-0.4, -0.2) is 41.7 Å². The van der Waals surface area contributed by atoms with Crippen molar-refractivity contribution in [2.24, 2.45) is 0 Å². The number of nitrogens with zero attached hydrogens (tertiary/aromatic N) is 1. The number of alkyl halides is 9. The van der Waals surface area contributed by atoms with E-state index in [4.69, 9.17) is 11.6 Å². The largest absolute Gasteiger partial charge is 0.417 e. The fourth-order valence-electron chi connectivity index (χ4n) is 3.26. The predicted octanol–water partition coefficient (Wildman–Crippen LogP) is 6.42. The number of allylic oxidation sites excluding steroid dienone is 1. The molecule has 0 spiro atoms. The maximum atomic E-state index is 13.7. The van der Waals surface area contributed by atoms with Crippen LogP contribution in [0.3, 0.4) is 0 Å². The first-order valence-electron chi connectivity index (χ1n) is 10.8. The van der Waals surface area contributed by atoms with E-state index in [1.807, 2.05) is 5.32 Å². The van der Waals surface area contributed by atoms with Crippen LogP contribution in [0.1, 0.15) is 39.9 Å². The van der Waals surface area contributed by atoms with Crippen LogP contribution in [0.15, 0.2) is 42.5 Å². The van der Waals surface area contributed by atoms with E-state index in [-0.39, 0.29) is 0 Å². The minimum Gasteiger partial charge on any atom is -0.345 e. The van der Waals surface area contributed by atoms with Gasteiger partial charge in [-0.05, 0) is 36.2 Å². The van der Waals surface area contributed by atoms with Crippen molar-refractivity contribution in [3.63, 3.8) is 0 Å². The third-order valence-electron chi connectivity index (χ3n) is 5.16. The zero-order chi connectivity index (χ0) is 30.6. The Morgan fingerprint density at radius 3 is 2.17 bits per heavy atom. The van der Waals surface area contributed by atoms with Crippen LogP contribution in [-0.2, 0) is 11.0 Å². The molecule has 17 heteroatoms. The Balaban J connectivity index is 2.39. The van der Waals surface area contributed by atoms with Gasteiger partial charge < -0.3 is 10.6 Å². The zero-order valence-electron chi connectivity index (χ0n) is 19.8. The lowest BCUT2D eigenvalue weighted by Gasteiger charge is -2.18. The number of nitro groups is 1. The monoisotopic (exact) mass is 605 g/mol. The summed E-state index contributed by atoms with van der Waals surface area (Å²) >= 11 is 5.62. The van der Waals surface area contributed by atoms with E-state index < -0.39 is 86.7 Å². The van der Waals surface area contributed by atoms with Crippen molar-refractivity contribution in [1.82, 2.24) is 10.6 Å². The fourth-order valence-corrected chi connectivity index (χ4v) is 3.44. The van der Waals surface area contributed by atoms with Crippen molar-refractivity contribution in [3.8, 4) is 0 Å². The Hall–Kier alpha value is -3.82. The van der Waals surface area contributed by atoms with E-state index >= 15 is 0 Å². The lowest BCUT2D eigenvalue weighted by Crippen LogP contribution is -2.47. The molecule has 0 aliphatic carbocycles. The molecule has 1 unspecified atom stereocenters. The summed E-state index contributed by atoms with van der Waals surface area (Å²) in [5, 5.41) is 13.9. The van der Waals surface area contributed by atoms with Gasteiger partial charge in [-0.2, -0.15) is 39.5 Å². The second kappa shape index (κ2) is 12.1. The molecular formula is C23H17ClF9N3O4. The summed E-state index contributed by atoms with van der Waals surface area (Å²) in [6.07, 6.45) is -13.9. The molecule has 0 aliphatic heterocycles. The van der Waals surface area contributed by atoms with Gasteiger partial charge in [0.1, 0.15) is 17.6 Å². The Morgan fingerprint density at radius 1 is 1.02 bits per heavy atom. The minimum absolute atomic E-state index is 0.345. The van der Waals surface area contributed by atoms with E-state index in [1.54, 1.807) is 0 Å². The molecule has 0 aromatic heterocycles. The highest BCUT2D eigenvalue weighted by molar-refractivity contribution is 6.32. The highest BCUT2D eigenvalue weighted by Crippen LogP contribution is 2.39. The van der Waals surface area contributed by atoms with Crippen molar-refractivity contribution in [2.75, 3.05) is 6.54 Å². The summed E-state index contributed by atoms with van der Waals surface area (Å²) in [6, 6.07) is 2.43. The molecule has 0 fully saturated rings. The molecule has 0 saturated heterocycles. The SMILES string of the molecule is C[C@@H](NC(=O)c1ccc(/C=C/C(c2ccc(Cl)c([N+](=O)[O-])c2)C(F)(F)F)cc1C(F)(F)F)C(=O)NCC(F)(F)F. The number of carbonyl (C=O) groups excluding carboxylic acids is 2. The minimum atomic E-state index is -5.21. The maximum Gasteiger partial charge on any atom is 0.417 e. The van der Waals surface area contributed by atoms with Crippen LogP contribution < -0.4 is 10.6 Å². The lowest BCUT2D eigenvalue weighted by molar-refractivity contribution is -0.384. The average molecular weight is 606 g/mol. The number of halogens is 10. The van der Waals surface area contributed by atoms with Crippen LogP contribution in [0.5, 0.6) is 0 Å². The summed E-state index contributed by atoms with van der Waals surface area (Å²) < 4.78 is 119. The molecule has 2 atom stereocenters. The normalized spacial score (nSPS) is 14.1. The summed E-state index contributed by atoms with van der Waals surface area (Å²) in [6.45, 7) is -0.824. The van der Waals surface area contributed by atoms with Crippen molar-refractivity contribution in [2.45, 2.75) is 37.4 Å². The zero-order valence-corrected chi connectivity index (χ0v) is 20.6. The van der Waals surface area contributed by atoms with Crippen LogP contribution in [0.4, 0.5) is 45.2 Å². The number of carbonyl (C=O) groups is 2. The molecule has 0 saturated carbocycles. The van der Waals surface area contributed by atoms with Gasteiger partial charge in [-0.3, -0.25) is 19.7 Å². The van der Waals surface area contributed by atoms with Gasteiger partial charge >= 0.3 is 18.5 Å². The predicted molar refractivity (Wildman–Crippen MR) is 123 cm³/mol. The average Bonchev–Trinajstić information content (AvgIpc) is 2.81. The van der Waals surface area contributed by atoms with Gasteiger partial charge in [0.05, 0.1) is 22.0 Å². The van der Waals surface area contributed by atoms with Gasteiger partial charge in [0.15, 0.2) is 0 Å². The number of nitro benzene ring substituents is 1. The third kappa shape index (κ3) is 8.86. The molecule has 40 heavy (non-hydrogen) atoms. The Morgan fingerprint density at radius 2 is 1.65 bits per heavy atom. The number of amides is 2. The first kappa shape index (κ1) is 32.4. The maximum absolute atomic E-state index is 13.7. The van der Waals surface area contributed by atoms with Crippen molar-refractivity contribution in [1.29, 1.82) is 0 Å². The molecule has 2 N–H and O–H groups in total. The number of benzene rings is 2. The van der Waals surface area contributed by atoms with E-state index in [9.17, 15) is 59.2 Å². The fraction of sp³-hybridized carbons (Fsp3) is 0.304. The number of hydrogen-bond acceptors (Lipinski definition) is 4. The Labute approximate surface area is 224 Å². The molecule has 2 aromatic rings. The summed E-state index contributed by atoms with van der Waals surface area (Å²) in [5.41, 5.74) is -4.55. The number of rotatable bonds is 8. The smallest absolute Gasteiger partial charge is 0.345 e. The lowest BCUT2D eigenvalue weighted by atomic mass is 9.95. The third-order valence-corrected chi connectivity index (χ3v) is 5.48.